The van der Waals surface area contributed by atoms with Gasteiger partial charge in [-0.1, -0.05) is 63.9 Å². The van der Waals surface area contributed by atoms with E-state index >= 15 is 0 Å². The van der Waals surface area contributed by atoms with Gasteiger partial charge in [-0.15, -0.1) is 0 Å². The molecule has 0 aromatic rings. The minimum Gasteiger partial charge on any atom is -0.374 e. The molecule has 0 aromatic carbocycles. The molecule has 9 nitrogen and oxygen atoms in total. The van der Waals surface area contributed by atoms with Crippen LogP contribution in [0.15, 0.2) is 0 Å². The van der Waals surface area contributed by atoms with E-state index in [4.69, 9.17) is 39.8 Å². The highest BCUT2D eigenvalue weighted by Gasteiger charge is 2.43. The molecule has 60 heavy (non-hydrogen) atoms. The average Bonchev–Trinajstić information content (AvgIpc) is 3.22. The standard InChI is InChI=1S/C39H84O9S9Si3/c1-13-40-58(41-14-2,42-15-3)30-22-27-49-34(10)37-25-26-38(35(11)52-56-54-50-28-23-31-59(43-16-4,44-17-5)45-18-6)39(33-37)36(12)53-57-55-51-29-24-32-60(46-19-7,47-20-8)48-21-9/h34-39H,13-33H2,1-12H3. The Morgan fingerprint density at radius 2 is 0.750 bits per heavy atom. The van der Waals surface area contributed by atoms with Gasteiger partial charge in [-0.3, -0.25) is 0 Å². The van der Waals surface area contributed by atoms with E-state index in [1.165, 1.54) is 19.3 Å². The van der Waals surface area contributed by atoms with Crippen molar-refractivity contribution in [1.82, 2.24) is 0 Å². The van der Waals surface area contributed by atoms with Crippen molar-refractivity contribution in [2.24, 2.45) is 17.8 Å². The molecule has 6 atom stereocenters. The van der Waals surface area contributed by atoms with Crippen molar-refractivity contribution in [3.63, 3.8) is 0 Å². The summed E-state index contributed by atoms with van der Waals surface area (Å²) in [5, 5.41) is 1.81. The van der Waals surface area contributed by atoms with Crippen LogP contribution in [0.1, 0.15) is 122 Å². The summed E-state index contributed by atoms with van der Waals surface area (Å²) < 4.78 is 54.9. The number of hydrogen-bond acceptors (Lipinski definition) is 18. The molecule has 0 saturated heterocycles. The largest absolute Gasteiger partial charge is 0.500 e. The Kier molecular flexibility index (Phi) is 39.2. The summed E-state index contributed by atoms with van der Waals surface area (Å²) in [4.78, 5) is 0. The molecule has 1 aliphatic carbocycles. The molecule has 1 rings (SSSR count). The maximum absolute atomic E-state index is 6.14. The van der Waals surface area contributed by atoms with Gasteiger partial charge in [0.25, 0.3) is 0 Å². The van der Waals surface area contributed by atoms with Gasteiger partial charge in [0.2, 0.25) is 0 Å². The Balaban J connectivity index is 2.81. The highest BCUT2D eigenvalue weighted by molar-refractivity contribution is 9.26. The van der Waals surface area contributed by atoms with Crippen molar-refractivity contribution in [2.75, 3.05) is 76.7 Å². The molecule has 1 saturated carbocycles. The monoisotopic (exact) mass is 1070 g/mol. The first-order valence-corrected chi connectivity index (χ1v) is 39.6. The first kappa shape index (κ1) is 61.5. The predicted octanol–water partition coefficient (Wildman–Crippen LogP) is 14.6. The van der Waals surface area contributed by atoms with E-state index in [1.807, 2.05) is 123 Å². The lowest BCUT2D eigenvalue weighted by Gasteiger charge is -2.43. The van der Waals surface area contributed by atoms with Gasteiger partial charge in [0, 0.05) is 105 Å². The van der Waals surface area contributed by atoms with Crippen LogP contribution in [0, 0.1) is 17.8 Å². The second-order valence-corrected chi connectivity index (χ2v) is 36.7. The molecule has 0 radical (unpaired) electrons. The zero-order chi connectivity index (χ0) is 44.5. The van der Waals surface area contributed by atoms with Gasteiger partial charge < -0.3 is 39.8 Å². The van der Waals surface area contributed by atoms with Crippen LogP contribution in [0.25, 0.3) is 0 Å². The zero-order valence-electron chi connectivity index (χ0n) is 39.2. The predicted molar refractivity (Wildman–Crippen MR) is 286 cm³/mol. The average molecular weight is 1070 g/mol. The molecule has 1 fully saturated rings. The lowest BCUT2D eigenvalue weighted by atomic mass is 9.70. The van der Waals surface area contributed by atoms with Crippen molar-refractivity contribution in [3.05, 3.63) is 0 Å². The maximum atomic E-state index is 6.14. The molecule has 1 aliphatic rings. The smallest absolute Gasteiger partial charge is 0.374 e. The van der Waals surface area contributed by atoms with Crippen molar-refractivity contribution in [2.45, 2.75) is 155 Å². The van der Waals surface area contributed by atoms with E-state index < -0.39 is 26.4 Å². The van der Waals surface area contributed by atoms with E-state index in [1.54, 1.807) is 0 Å². The summed E-state index contributed by atoms with van der Waals surface area (Å²) >= 11 is 2.15. The quantitative estimate of drug-likeness (QED) is 0.0330. The fraction of sp³-hybridized carbons (Fsp3) is 1.00. The summed E-state index contributed by atoms with van der Waals surface area (Å²) in [5.74, 6) is 5.39. The first-order valence-electron chi connectivity index (χ1n) is 22.6. The van der Waals surface area contributed by atoms with Gasteiger partial charge in [-0.05, 0) is 164 Å². The molecule has 0 heterocycles. The number of rotatable bonds is 42. The van der Waals surface area contributed by atoms with E-state index in [0.29, 0.717) is 87.0 Å². The summed E-state index contributed by atoms with van der Waals surface area (Å²) in [6, 6.07) is 2.65. The van der Waals surface area contributed by atoms with Crippen molar-refractivity contribution >= 4 is 121 Å². The van der Waals surface area contributed by atoms with Crippen molar-refractivity contribution < 1.29 is 39.8 Å². The molecule has 0 amide bonds. The van der Waals surface area contributed by atoms with Crippen LogP contribution >= 0.6 is 94.2 Å². The third-order valence-corrected chi connectivity index (χ3v) is 35.0. The van der Waals surface area contributed by atoms with Crippen LogP contribution < -0.4 is 0 Å². The lowest BCUT2D eigenvalue weighted by Crippen LogP contribution is -2.46. The van der Waals surface area contributed by atoms with E-state index in [2.05, 4.69) is 54.1 Å². The Morgan fingerprint density at radius 3 is 1.10 bits per heavy atom. The molecule has 6 unspecified atom stereocenters. The van der Waals surface area contributed by atoms with Crippen molar-refractivity contribution in [1.29, 1.82) is 0 Å². The van der Waals surface area contributed by atoms with Gasteiger partial charge in [-0.2, -0.15) is 11.8 Å². The fourth-order valence-electron chi connectivity index (χ4n) is 7.61. The summed E-state index contributed by atoms with van der Waals surface area (Å²) in [6.07, 6.45) is 7.08. The van der Waals surface area contributed by atoms with Crippen LogP contribution in [0.2, 0.25) is 18.1 Å². The van der Waals surface area contributed by atoms with E-state index in [9.17, 15) is 0 Å². The van der Waals surface area contributed by atoms with E-state index in [-0.39, 0.29) is 0 Å². The Morgan fingerprint density at radius 1 is 0.417 bits per heavy atom. The minimum atomic E-state index is -2.59. The highest BCUT2D eigenvalue weighted by Crippen LogP contribution is 2.54. The van der Waals surface area contributed by atoms with Gasteiger partial charge in [0.1, 0.15) is 0 Å². The van der Waals surface area contributed by atoms with Gasteiger partial charge in [-0.25, -0.2) is 0 Å². The van der Waals surface area contributed by atoms with Crippen LogP contribution in [0.3, 0.4) is 0 Å². The van der Waals surface area contributed by atoms with Crippen LogP contribution in [-0.4, -0.2) is 119 Å². The Hall–Kier alpha value is 3.44. The minimum absolute atomic E-state index is 0.581. The molecule has 0 N–H and O–H groups in total. The second-order valence-electron chi connectivity index (χ2n) is 14.3. The zero-order valence-corrected chi connectivity index (χ0v) is 49.5. The van der Waals surface area contributed by atoms with Gasteiger partial charge in [0.15, 0.2) is 0 Å². The summed E-state index contributed by atoms with van der Waals surface area (Å²) in [6.45, 7) is 31.5. The molecule has 0 spiro atoms. The first-order chi connectivity index (χ1) is 29.0. The van der Waals surface area contributed by atoms with Gasteiger partial charge >= 0.3 is 26.4 Å². The molecular weight excluding hydrogens is 985 g/mol. The van der Waals surface area contributed by atoms with Crippen LogP contribution in [0.5, 0.6) is 0 Å². The van der Waals surface area contributed by atoms with Gasteiger partial charge in [0.05, 0.1) is 0 Å². The normalized spacial score (nSPS) is 19.5. The molecule has 0 aromatic heterocycles. The topological polar surface area (TPSA) is 83.1 Å². The molecule has 0 bridgehead atoms. The highest BCUT2D eigenvalue weighted by atomic mass is 33.7. The Labute approximate surface area is 406 Å². The van der Waals surface area contributed by atoms with E-state index in [0.717, 1.165) is 60.6 Å². The van der Waals surface area contributed by atoms with Crippen molar-refractivity contribution in [3.8, 4) is 0 Å². The third kappa shape index (κ3) is 25.2. The lowest BCUT2D eigenvalue weighted by molar-refractivity contribution is 0.0704. The third-order valence-electron chi connectivity index (χ3n) is 10.1. The summed E-state index contributed by atoms with van der Waals surface area (Å²) in [5.41, 5.74) is 0. The fourth-order valence-corrected chi connectivity index (χ4v) is 31.1. The SMILES string of the molecule is CCO[Si](CCCSSSSC(C)C1CCC(C(C)SCCC[Si](OCC)(OCC)OCC)CC1C(C)SSSSCCC[Si](OCC)(OCC)OCC)(OCC)OCC. The summed E-state index contributed by atoms with van der Waals surface area (Å²) in [7, 11) is 8.15. The number of thioether (sulfide) groups is 1. The number of hydrogen-bond donors (Lipinski definition) is 0. The molecule has 21 heteroatoms. The maximum Gasteiger partial charge on any atom is 0.500 e. The second kappa shape index (κ2) is 38.3. The molecular formula is C39H84O9S9Si3. The van der Waals surface area contributed by atoms with Crippen LogP contribution in [-0.2, 0) is 39.8 Å². The molecule has 360 valence electrons. The van der Waals surface area contributed by atoms with Crippen LogP contribution in [0.4, 0.5) is 0 Å². The molecule has 0 aliphatic heterocycles. The Bertz CT molecular complexity index is 964.